The molecule has 0 saturated heterocycles. The third-order valence-electron chi connectivity index (χ3n) is 6.22. The van der Waals surface area contributed by atoms with Crippen LogP contribution in [0.15, 0.2) is 65.7 Å². The van der Waals surface area contributed by atoms with Gasteiger partial charge in [-0.05, 0) is 65.1 Å². The Bertz CT molecular complexity index is 1120. The number of aromatic nitrogens is 1. The van der Waals surface area contributed by atoms with Crippen LogP contribution in [0.5, 0.6) is 0 Å². The molecule has 1 N–H and O–H groups in total. The van der Waals surface area contributed by atoms with Gasteiger partial charge in [0.2, 0.25) is 0 Å². The minimum atomic E-state index is -0.0769. The number of amides is 1. The molecule has 4 rings (SSSR count). The quantitative estimate of drug-likeness (QED) is 0.362. The van der Waals surface area contributed by atoms with Crippen molar-refractivity contribution in [3.63, 3.8) is 0 Å². The van der Waals surface area contributed by atoms with E-state index in [4.69, 9.17) is 16.6 Å². The van der Waals surface area contributed by atoms with Crippen LogP contribution in [-0.4, -0.2) is 28.1 Å². The van der Waals surface area contributed by atoms with Crippen molar-refractivity contribution >= 4 is 29.3 Å². The Kier molecular flexibility index (Phi) is 8.30. The molecule has 1 atom stereocenters. The normalized spacial score (nSPS) is 15.9. The maximum Gasteiger partial charge on any atom is 0.253 e. The fraction of sp³-hybridized carbons (Fsp3) is 0.357. The van der Waals surface area contributed by atoms with Gasteiger partial charge in [0.05, 0.1) is 17.3 Å². The molecule has 0 spiro atoms. The number of nitrogens with zero attached hydrogens (tertiary/aromatic N) is 2. The molecule has 1 amide bonds. The minimum Gasteiger partial charge on any atom is -0.348 e. The molecule has 34 heavy (non-hydrogen) atoms. The average molecular weight is 494 g/mol. The summed E-state index contributed by atoms with van der Waals surface area (Å²) in [6.45, 7) is 8.93. The molecule has 6 heteroatoms. The van der Waals surface area contributed by atoms with E-state index in [2.05, 4.69) is 67.4 Å². The largest absolute Gasteiger partial charge is 0.348 e. The van der Waals surface area contributed by atoms with Crippen LogP contribution in [0, 0.1) is 5.92 Å². The lowest BCUT2D eigenvalue weighted by Gasteiger charge is -2.39. The van der Waals surface area contributed by atoms with Crippen LogP contribution in [0.4, 0.5) is 0 Å². The van der Waals surface area contributed by atoms with Crippen LogP contribution >= 0.6 is 23.4 Å². The summed E-state index contributed by atoms with van der Waals surface area (Å²) in [5, 5.41) is 3.80. The van der Waals surface area contributed by atoms with Crippen molar-refractivity contribution in [1.29, 1.82) is 0 Å². The number of thioether (sulfide) groups is 1. The summed E-state index contributed by atoms with van der Waals surface area (Å²) >= 11 is 7.88. The highest BCUT2D eigenvalue weighted by Gasteiger charge is 2.31. The van der Waals surface area contributed by atoms with Crippen LogP contribution in [0.3, 0.4) is 0 Å². The molecule has 2 heterocycles. The van der Waals surface area contributed by atoms with E-state index in [9.17, 15) is 4.79 Å². The molecular weight excluding hydrogens is 462 g/mol. The zero-order chi connectivity index (χ0) is 24.1. The highest BCUT2D eigenvalue weighted by Crippen LogP contribution is 2.35. The lowest BCUT2D eigenvalue weighted by atomic mass is 9.89. The highest BCUT2D eigenvalue weighted by molar-refractivity contribution is 7.99. The number of benzene rings is 2. The summed E-state index contributed by atoms with van der Waals surface area (Å²) in [7, 11) is 0. The number of fused-ring (bicyclic) bond motifs is 1. The van der Waals surface area contributed by atoms with Gasteiger partial charge in [-0.1, -0.05) is 56.6 Å². The number of pyridine rings is 1. The number of nitrogens with one attached hydrogen (secondary N) is 1. The molecule has 0 saturated carbocycles. The van der Waals surface area contributed by atoms with Crippen LogP contribution in [0.2, 0.25) is 5.02 Å². The third-order valence-corrected chi connectivity index (χ3v) is 7.37. The number of rotatable bonds is 8. The molecule has 0 fully saturated rings. The van der Waals surface area contributed by atoms with Crippen LogP contribution in [-0.2, 0) is 19.5 Å². The van der Waals surface area contributed by atoms with Crippen molar-refractivity contribution in [2.24, 2.45) is 5.92 Å². The lowest BCUT2D eigenvalue weighted by molar-refractivity contribution is 0.0949. The highest BCUT2D eigenvalue weighted by atomic mass is 35.5. The van der Waals surface area contributed by atoms with Gasteiger partial charge < -0.3 is 5.32 Å². The van der Waals surface area contributed by atoms with E-state index in [1.807, 2.05) is 30.0 Å². The van der Waals surface area contributed by atoms with E-state index in [0.717, 1.165) is 41.5 Å². The second kappa shape index (κ2) is 11.4. The molecule has 1 aliphatic heterocycles. The van der Waals surface area contributed by atoms with E-state index in [1.165, 1.54) is 16.0 Å². The molecule has 1 unspecified atom stereocenters. The maximum atomic E-state index is 12.8. The van der Waals surface area contributed by atoms with Crippen molar-refractivity contribution < 1.29 is 4.79 Å². The van der Waals surface area contributed by atoms with Gasteiger partial charge in [-0.3, -0.25) is 14.7 Å². The molecule has 1 aliphatic rings. The van der Waals surface area contributed by atoms with E-state index in [-0.39, 0.29) is 11.9 Å². The zero-order valence-electron chi connectivity index (χ0n) is 20.1. The summed E-state index contributed by atoms with van der Waals surface area (Å²) < 4.78 is 0. The summed E-state index contributed by atoms with van der Waals surface area (Å²) in [4.78, 5) is 21.4. The zero-order valence-corrected chi connectivity index (χ0v) is 21.6. The minimum absolute atomic E-state index is 0.0769. The molecule has 0 aliphatic carbocycles. The lowest BCUT2D eigenvalue weighted by Crippen LogP contribution is -2.38. The first-order valence-corrected chi connectivity index (χ1v) is 13.3. The number of carbonyl (C=O) groups excluding carboxylic acids is 1. The van der Waals surface area contributed by atoms with Crippen LogP contribution < -0.4 is 5.32 Å². The number of hydrogen-bond acceptors (Lipinski definition) is 4. The number of hydrogen-bond donors (Lipinski definition) is 1. The van der Waals surface area contributed by atoms with Gasteiger partial charge in [0.15, 0.2) is 0 Å². The van der Waals surface area contributed by atoms with Crippen molar-refractivity contribution in [2.75, 3.05) is 12.3 Å². The predicted molar refractivity (Wildman–Crippen MR) is 141 cm³/mol. The molecule has 4 nitrogen and oxygen atoms in total. The van der Waals surface area contributed by atoms with Gasteiger partial charge in [0.1, 0.15) is 0 Å². The SMILES string of the molecule is CCSc1ccc(CNC(=O)c2cnc3c(c2)CCN(Cc2ccc(Cl)cc2)C3C(C)C)cc1. The first kappa shape index (κ1) is 24.8. The van der Waals surface area contributed by atoms with Gasteiger partial charge in [0, 0.05) is 35.7 Å². The first-order valence-electron chi connectivity index (χ1n) is 11.9. The van der Waals surface area contributed by atoms with E-state index in [1.54, 1.807) is 6.20 Å². The van der Waals surface area contributed by atoms with Crippen molar-refractivity contribution in [3.8, 4) is 0 Å². The average Bonchev–Trinajstić information content (AvgIpc) is 2.84. The van der Waals surface area contributed by atoms with Gasteiger partial charge in [-0.15, -0.1) is 11.8 Å². The van der Waals surface area contributed by atoms with Crippen LogP contribution in [0.25, 0.3) is 0 Å². The predicted octanol–water partition coefficient (Wildman–Crippen LogP) is 6.53. The van der Waals surface area contributed by atoms with Gasteiger partial charge >= 0.3 is 0 Å². The van der Waals surface area contributed by atoms with Crippen molar-refractivity contribution in [2.45, 2.75) is 51.2 Å². The Morgan fingerprint density at radius 2 is 1.85 bits per heavy atom. The van der Waals surface area contributed by atoms with Gasteiger partial charge in [0.25, 0.3) is 5.91 Å². The monoisotopic (exact) mass is 493 g/mol. The summed E-state index contributed by atoms with van der Waals surface area (Å²) in [5.74, 6) is 1.39. The first-order chi connectivity index (χ1) is 16.4. The molecule has 178 valence electrons. The smallest absolute Gasteiger partial charge is 0.253 e. The Morgan fingerprint density at radius 1 is 1.15 bits per heavy atom. The summed E-state index contributed by atoms with van der Waals surface area (Å²) in [6.07, 6.45) is 2.62. The van der Waals surface area contributed by atoms with Gasteiger partial charge in [-0.2, -0.15) is 0 Å². The second-order valence-electron chi connectivity index (χ2n) is 9.06. The van der Waals surface area contributed by atoms with E-state index < -0.39 is 0 Å². The Morgan fingerprint density at radius 3 is 2.53 bits per heavy atom. The Hall–Kier alpha value is -2.34. The fourth-order valence-electron chi connectivity index (χ4n) is 4.58. The molecule has 3 aromatic rings. The van der Waals surface area contributed by atoms with Gasteiger partial charge in [-0.25, -0.2) is 0 Å². The number of carbonyl (C=O) groups is 1. The van der Waals surface area contributed by atoms with Crippen molar-refractivity contribution in [3.05, 3.63) is 93.8 Å². The molecule has 1 aromatic heterocycles. The number of halogens is 1. The van der Waals surface area contributed by atoms with E-state index in [0.29, 0.717) is 18.0 Å². The standard InChI is InChI=1S/C28H32ClN3OS/c1-4-34-25-11-7-20(8-12-25)16-31-28(33)23-15-22-13-14-32(18-21-5-9-24(29)10-6-21)27(19(2)3)26(22)30-17-23/h5-12,15,17,19,27H,4,13-14,16,18H2,1-3H3,(H,31,33). The maximum absolute atomic E-state index is 12.8. The fourth-order valence-corrected chi connectivity index (χ4v) is 5.37. The molecule has 0 bridgehead atoms. The molecule has 0 radical (unpaired) electrons. The Balaban J connectivity index is 1.44. The summed E-state index contributed by atoms with van der Waals surface area (Å²) in [5.41, 5.74) is 5.24. The molecular formula is C28H32ClN3OS. The molecule has 2 aromatic carbocycles. The Labute approximate surface area is 212 Å². The van der Waals surface area contributed by atoms with Crippen molar-refractivity contribution in [1.82, 2.24) is 15.2 Å². The van der Waals surface area contributed by atoms with Crippen LogP contribution in [0.1, 0.15) is 59.6 Å². The topological polar surface area (TPSA) is 45.2 Å². The summed E-state index contributed by atoms with van der Waals surface area (Å²) in [6, 6.07) is 18.7. The van der Waals surface area contributed by atoms with E-state index >= 15 is 0 Å². The second-order valence-corrected chi connectivity index (χ2v) is 10.8. The third kappa shape index (κ3) is 6.01.